The summed E-state index contributed by atoms with van der Waals surface area (Å²) in [6, 6.07) is 3.22. The number of H-pyrrole nitrogens is 1. The highest BCUT2D eigenvalue weighted by Gasteiger charge is 2.36. The molecule has 0 saturated carbocycles. The van der Waals surface area contributed by atoms with Gasteiger partial charge in [0.25, 0.3) is 0 Å². The fourth-order valence-corrected chi connectivity index (χ4v) is 4.86. The zero-order chi connectivity index (χ0) is 27.4. The van der Waals surface area contributed by atoms with E-state index in [2.05, 4.69) is 15.1 Å². The van der Waals surface area contributed by atoms with Crippen LogP contribution in [0.5, 0.6) is 5.75 Å². The molecule has 38 heavy (non-hydrogen) atoms. The number of alkyl halides is 3. The number of rotatable bonds is 3. The second-order valence-electron chi connectivity index (χ2n) is 10.3. The molecule has 4 heterocycles. The fourth-order valence-electron chi connectivity index (χ4n) is 4.86. The number of nitrogens with zero attached hydrogens (tertiary/aromatic N) is 5. The van der Waals surface area contributed by atoms with Crippen LogP contribution in [0.25, 0.3) is 27.8 Å². The summed E-state index contributed by atoms with van der Waals surface area (Å²) in [5, 5.41) is 4.03. The first-order chi connectivity index (χ1) is 17.9. The molecule has 1 aliphatic rings. The van der Waals surface area contributed by atoms with Gasteiger partial charge >= 0.3 is 18.0 Å². The molecule has 0 unspecified atom stereocenters. The number of likely N-dealkylation sites (tertiary alicyclic amines) is 1. The molecule has 3 aromatic heterocycles. The van der Waals surface area contributed by atoms with Gasteiger partial charge in [-0.1, -0.05) is 0 Å². The maximum absolute atomic E-state index is 14.4. The van der Waals surface area contributed by atoms with Gasteiger partial charge in [-0.15, -0.1) is 0 Å². The number of imidazole rings is 1. The predicted molar refractivity (Wildman–Crippen MR) is 132 cm³/mol. The number of methoxy groups -OCH3 is 1. The molecule has 202 valence electrons. The van der Waals surface area contributed by atoms with Gasteiger partial charge in [0, 0.05) is 24.8 Å². The van der Waals surface area contributed by atoms with E-state index in [4.69, 9.17) is 9.47 Å². The average molecular weight is 533 g/mol. The lowest BCUT2D eigenvalue weighted by Gasteiger charge is -2.34. The Morgan fingerprint density at radius 1 is 1.18 bits per heavy atom. The van der Waals surface area contributed by atoms with Gasteiger partial charge in [0.1, 0.15) is 11.9 Å². The number of fused-ring (bicyclic) bond motifs is 2. The Hall–Kier alpha value is -4.03. The molecule has 1 amide bonds. The minimum atomic E-state index is -4.72. The number of carbonyl (C=O) groups excluding carboxylic acids is 1. The molecule has 4 aromatic rings. The molecule has 0 radical (unpaired) electrons. The molecule has 1 aromatic carbocycles. The van der Waals surface area contributed by atoms with Crippen LogP contribution in [0.1, 0.15) is 45.2 Å². The summed E-state index contributed by atoms with van der Waals surface area (Å²) in [6.07, 6.45) is -1.44. The van der Waals surface area contributed by atoms with Crippen molar-refractivity contribution in [2.24, 2.45) is 0 Å². The maximum atomic E-state index is 14.4. The van der Waals surface area contributed by atoms with Crippen LogP contribution in [0.3, 0.4) is 0 Å². The third-order valence-corrected chi connectivity index (χ3v) is 6.45. The molecule has 0 bridgehead atoms. The number of benzene rings is 1. The number of ether oxygens (including phenoxy) is 2. The van der Waals surface area contributed by atoms with E-state index in [1.807, 2.05) is 0 Å². The number of aromatic nitrogens is 5. The van der Waals surface area contributed by atoms with Gasteiger partial charge in [-0.2, -0.15) is 18.3 Å². The van der Waals surface area contributed by atoms with Gasteiger partial charge in [0.2, 0.25) is 0 Å². The van der Waals surface area contributed by atoms with Gasteiger partial charge in [0.15, 0.2) is 11.4 Å². The molecule has 13 heteroatoms. The van der Waals surface area contributed by atoms with Crippen molar-refractivity contribution in [3.63, 3.8) is 0 Å². The molecule has 5 rings (SSSR count). The quantitative estimate of drug-likeness (QED) is 0.412. The van der Waals surface area contributed by atoms with E-state index >= 15 is 0 Å². The second-order valence-corrected chi connectivity index (χ2v) is 10.3. The van der Waals surface area contributed by atoms with Crippen molar-refractivity contribution in [2.45, 2.75) is 51.4 Å². The maximum Gasteiger partial charge on any atom is 0.417 e. The van der Waals surface area contributed by atoms with E-state index in [9.17, 15) is 22.8 Å². The third-order valence-electron chi connectivity index (χ3n) is 6.45. The smallest absolute Gasteiger partial charge is 0.417 e. The minimum Gasteiger partial charge on any atom is -0.493 e. The van der Waals surface area contributed by atoms with E-state index in [0.29, 0.717) is 25.0 Å². The first-order valence-electron chi connectivity index (χ1n) is 12.1. The summed E-state index contributed by atoms with van der Waals surface area (Å²) in [6.45, 7) is 5.84. The minimum absolute atomic E-state index is 0.107. The van der Waals surface area contributed by atoms with E-state index in [0.717, 1.165) is 6.07 Å². The normalized spacial score (nSPS) is 16.8. The highest BCUT2D eigenvalue weighted by molar-refractivity contribution is 5.85. The van der Waals surface area contributed by atoms with Crippen LogP contribution < -0.4 is 10.4 Å². The molecular weight excluding hydrogens is 505 g/mol. The lowest BCUT2D eigenvalue weighted by Crippen LogP contribution is -2.44. The van der Waals surface area contributed by atoms with Crippen LogP contribution in [0.2, 0.25) is 0 Å². The van der Waals surface area contributed by atoms with Crippen molar-refractivity contribution >= 4 is 22.8 Å². The highest BCUT2D eigenvalue weighted by atomic mass is 19.4. The summed E-state index contributed by atoms with van der Waals surface area (Å²) in [5.74, 6) is 0.253. The van der Waals surface area contributed by atoms with Gasteiger partial charge in [-0.05, 0) is 57.4 Å². The van der Waals surface area contributed by atoms with Crippen molar-refractivity contribution in [3.05, 3.63) is 46.8 Å². The molecule has 0 aliphatic carbocycles. The molecule has 1 saturated heterocycles. The number of pyridine rings is 1. The highest BCUT2D eigenvalue weighted by Crippen LogP contribution is 2.41. The Bertz CT molecular complexity index is 1580. The van der Waals surface area contributed by atoms with Crippen molar-refractivity contribution < 1.29 is 27.4 Å². The first-order valence-corrected chi connectivity index (χ1v) is 12.1. The van der Waals surface area contributed by atoms with Crippen LogP contribution in [0.15, 0.2) is 35.5 Å². The number of hydrogen-bond donors (Lipinski definition) is 1. The zero-order valence-corrected chi connectivity index (χ0v) is 21.3. The number of halogens is 3. The Kier molecular flexibility index (Phi) is 6.11. The van der Waals surface area contributed by atoms with Gasteiger partial charge in [-0.3, -0.25) is 4.57 Å². The molecule has 1 aliphatic heterocycles. The number of hydrogen-bond acceptors (Lipinski definition) is 6. The molecule has 1 atom stereocenters. The number of carbonyl (C=O) groups is 1. The topological polar surface area (TPSA) is 107 Å². The van der Waals surface area contributed by atoms with E-state index in [1.54, 1.807) is 20.8 Å². The van der Waals surface area contributed by atoms with E-state index in [1.165, 1.54) is 45.7 Å². The Labute approximate surface area is 215 Å². The number of amides is 1. The third kappa shape index (κ3) is 4.68. The number of nitrogens with one attached hydrogen (secondary N) is 1. The Balaban J connectivity index is 1.61. The van der Waals surface area contributed by atoms with Crippen molar-refractivity contribution in [1.82, 2.24) is 29.0 Å². The van der Waals surface area contributed by atoms with Crippen LogP contribution in [-0.2, 0) is 10.9 Å². The standard InChI is InChI=1S/C25H27F3N6O4/c1-24(2,3)38-23(36)32-7-5-6-15(12-32)34-19-10-17(25(26,27)28)16(9-18(19)31-22(34)35)14-8-20(37-4)21-29-13-30-33(21)11-14/h8-11,13,15H,5-7,12H2,1-4H3,(H,31,35)/t15-/m1/s1. The molecule has 1 N–H and O–H groups in total. The second kappa shape index (κ2) is 9.07. The fraction of sp³-hybridized carbons (Fsp3) is 0.440. The van der Waals surface area contributed by atoms with E-state index < -0.39 is 35.2 Å². The zero-order valence-electron chi connectivity index (χ0n) is 21.3. The summed E-state index contributed by atoms with van der Waals surface area (Å²) in [4.78, 5) is 33.9. The Morgan fingerprint density at radius 3 is 2.63 bits per heavy atom. The molecule has 0 spiro atoms. The summed E-state index contributed by atoms with van der Waals surface area (Å²) in [5.41, 5.74) is -1.41. The summed E-state index contributed by atoms with van der Waals surface area (Å²) in [7, 11) is 1.39. The summed E-state index contributed by atoms with van der Waals surface area (Å²) >= 11 is 0. The van der Waals surface area contributed by atoms with Gasteiger partial charge in [0.05, 0.1) is 29.7 Å². The Morgan fingerprint density at radius 2 is 1.95 bits per heavy atom. The molecule has 1 fully saturated rings. The van der Waals surface area contributed by atoms with Crippen molar-refractivity contribution in [2.75, 3.05) is 20.2 Å². The predicted octanol–water partition coefficient (Wildman–Crippen LogP) is 4.64. The van der Waals surface area contributed by atoms with Crippen LogP contribution in [-0.4, -0.2) is 60.9 Å². The van der Waals surface area contributed by atoms with Crippen LogP contribution in [0.4, 0.5) is 18.0 Å². The van der Waals surface area contributed by atoms with Gasteiger partial charge in [-0.25, -0.2) is 19.1 Å². The summed E-state index contributed by atoms with van der Waals surface area (Å²) < 4.78 is 56.5. The SMILES string of the molecule is COc1cc(-c2cc3[nH]c(=O)n([C@@H]4CCCN(C(=O)OC(C)(C)C)C4)c3cc2C(F)(F)F)cn2ncnc12. The molecule has 10 nitrogen and oxygen atoms in total. The number of aromatic amines is 1. The largest absolute Gasteiger partial charge is 0.493 e. The first kappa shape index (κ1) is 25.6. The monoisotopic (exact) mass is 532 g/mol. The van der Waals surface area contributed by atoms with Crippen LogP contribution in [0, 0.1) is 0 Å². The average Bonchev–Trinajstić information content (AvgIpc) is 3.44. The van der Waals surface area contributed by atoms with Crippen molar-refractivity contribution in [1.29, 1.82) is 0 Å². The lowest BCUT2D eigenvalue weighted by atomic mass is 9.99. The molecular formula is C25H27F3N6O4. The lowest BCUT2D eigenvalue weighted by molar-refractivity contribution is -0.137. The van der Waals surface area contributed by atoms with E-state index in [-0.39, 0.29) is 34.5 Å². The van der Waals surface area contributed by atoms with Crippen LogP contribution >= 0.6 is 0 Å². The number of piperidine rings is 1. The van der Waals surface area contributed by atoms with Crippen molar-refractivity contribution in [3.8, 4) is 16.9 Å². The van der Waals surface area contributed by atoms with Gasteiger partial charge < -0.3 is 19.4 Å².